The molecular formula is C10H24N3O+3. The molecule has 2 bridgehead atoms. The van der Waals surface area contributed by atoms with Crippen LogP contribution in [-0.2, 0) is 0 Å². The number of aliphatic hydroxyl groups excluding tert-OH is 1. The zero-order valence-electron chi connectivity index (χ0n) is 9.02. The van der Waals surface area contributed by atoms with Crippen molar-refractivity contribution in [1.82, 2.24) is 0 Å². The Kier molecular flexibility index (Phi) is 2.55. The maximum atomic E-state index is 8.99. The number of fused-ring (bicyclic) bond motifs is 2. The number of aliphatic hydroxyl groups is 1. The molecule has 0 radical (unpaired) electrons. The molecule has 2 atom stereocenters. The van der Waals surface area contributed by atoms with Gasteiger partial charge in [0, 0.05) is 12.8 Å². The van der Waals surface area contributed by atoms with Crippen molar-refractivity contribution in [3.05, 3.63) is 0 Å². The highest BCUT2D eigenvalue weighted by Gasteiger charge is 2.54. The van der Waals surface area contributed by atoms with Gasteiger partial charge in [0.15, 0.2) is 11.1 Å². The Hall–Kier alpha value is -0.160. The Morgan fingerprint density at radius 2 is 1.71 bits per heavy atom. The summed E-state index contributed by atoms with van der Waals surface area (Å²) in [7, 11) is 0. The van der Waals surface area contributed by atoms with Gasteiger partial charge in [0.2, 0.25) is 0 Å². The average Bonchev–Trinajstić information content (AvgIpc) is 2.00. The lowest BCUT2D eigenvalue weighted by molar-refractivity contribution is -0.941. The molecule has 0 aromatic heterocycles. The van der Waals surface area contributed by atoms with E-state index in [2.05, 4.69) is 11.5 Å². The predicted molar refractivity (Wildman–Crippen MR) is 52.4 cm³/mol. The van der Waals surface area contributed by atoms with Gasteiger partial charge >= 0.3 is 0 Å². The minimum absolute atomic E-state index is 0.253. The van der Waals surface area contributed by atoms with E-state index in [-0.39, 0.29) is 11.1 Å². The highest BCUT2D eigenvalue weighted by atomic mass is 16.3. The molecule has 2 fully saturated rings. The third-order valence-electron chi connectivity index (χ3n) is 3.88. The molecule has 1 aliphatic heterocycles. The maximum Gasteiger partial charge on any atom is 0.150 e. The van der Waals surface area contributed by atoms with Gasteiger partial charge in [0.1, 0.15) is 19.6 Å². The van der Waals surface area contributed by atoms with Crippen LogP contribution in [-0.4, -0.2) is 42.4 Å². The summed E-state index contributed by atoms with van der Waals surface area (Å²) in [6.07, 6.45) is 4.98. The molecule has 1 heterocycles. The number of nitrogens with one attached hydrogen (secondary N) is 1. The van der Waals surface area contributed by atoms with Gasteiger partial charge in [0.25, 0.3) is 0 Å². The van der Waals surface area contributed by atoms with E-state index in [9.17, 15) is 0 Å². The molecule has 0 spiro atoms. The lowest BCUT2D eigenvalue weighted by Crippen LogP contribution is -3.22. The Labute approximate surface area is 85.2 Å². The van der Waals surface area contributed by atoms with Gasteiger partial charge in [-0.05, 0) is 6.42 Å². The fourth-order valence-electron chi connectivity index (χ4n) is 3.57. The first-order valence-corrected chi connectivity index (χ1v) is 5.71. The summed E-state index contributed by atoms with van der Waals surface area (Å²) in [5, 5.41) is 8.99. The lowest BCUT2D eigenvalue weighted by atomic mass is 9.69. The average molecular weight is 202 g/mol. The van der Waals surface area contributed by atoms with Crippen LogP contribution in [0.1, 0.15) is 25.7 Å². The van der Waals surface area contributed by atoms with E-state index >= 15 is 0 Å². The number of likely N-dealkylation sites (tertiary alicyclic amines) is 1. The first kappa shape index (κ1) is 10.4. The summed E-state index contributed by atoms with van der Waals surface area (Å²) in [6.45, 7) is 3.42. The third-order valence-corrected chi connectivity index (χ3v) is 3.88. The van der Waals surface area contributed by atoms with Crippen molar-refractivity contribution in [2.75, 3.05) is 26.2 Å². The van der Waals surface area contributed by atoms with Gasteiger partial charge in [-0.3, -0.25) is 0 Å². The van der Waals surface area contributed by atoms with Gasteiger partial charge in [-0.2, -0.15) is 0 Å². The topological polar surface area (TPSA) is 80.0 Å². The van der Waals surface area contributed by atoms with Crippen LogP contribution in [0.4, 0.5) is 0 Å². The molecule has 2 rings (SSSR count). The van der Waals surface area contributed by atoms with Crippen LogP contribution in [0.5, 0.6) is 0 Å². The Morgan fingerprint density at radius 3 is 2.21 bits per heavy atom. The zero-order chi connectivity index (χ0) is 10.2. The van der Waals surface area contributed by atoms with Crippen LogP contribution in [0.2, 0.25) is 0 Å². The first-order valence-electron chi connectivity index (χ1n) is 5.71. The number of hydrogen-bond donors (Lipinski definition) is 4. The number of hydrogen-bond acceptors (Lipinski definition) is 1. The van der Waals surface area contributed by atoms with E-state index in [1.54, 1.807) is 0 Å². The summed E-state index contributed by atoms with van der Waals surface area (Å²) in [6, 6.07) is 0. The van der Waals surface area contributed by atoms with Crippen LogP contribution < -0.4 is 16.4 Å². The van der Waals surface area contributed by atoms with Gasteiger partial charge in [-0.1, -0.05) is 0 Å². The molecule has 0 aromatic rings. The largest absolute Gasteiger partial charge is 0.391 e. The fraction of sp³-hybridized carbons (Fsp3) is 1.00. The van der Waals surface area contributed by atoms with Gasteiger partial charge in [0.05, 0.1) is 13.0 Å². The number of piperidine rings is 1. The number of quaternary nitrogens is 3. The molecule has 4 heteroatoms. The smallest absolute Gasteiger partial charge is 0.150 e. The minimum Gasteiger partial charge on any atom is -0.391 e. The fourth-order valence-corrected chi connectivity index (χ4v) is 3.57. The van der Waals surface area contributed by atoms with Crippen LogP contribution in [0.25, 0.3) is 0 Å². The summed E-state index contributed by atoms with van der Waals surface area (Å²) < 4.78 is 0. The van der Waals surface area contributed by atoms with E-state index in [1.165, 1.54) is 30.6 Å². The minimum atomic E-state index is 0.253. The SMILES string of the molecule is [NH3+]C12CCCC([NH3+])(C[NH+](CCO)C1)C2. The Morgan fingerprint density at radius 1 is 1.14 bits per heavy atom. The molecule has 0 amide bonds. The molecule has 1 aliphatic carbocycles. The molecule has 2 aliphatic rings. The molecule has 82 valence electrons. The quantitative estimate of drug-likeness (QED) is 0.367. The highest BCUT2D eigenvalue weighted by molar-refractivity contribution is 4.95. The van der Waals surface area contributed by atoms with E-state index in [0.29, 0.717) is 6.61 Å². The van der Waals surface area contributed by atoms with Crippen molar-refractivity contribution in [3.8, 4) is 0 Å². The number of rotatable bonds is 2. The van der Waals surface area contributed by atoms with Crippen LogP contribution in [0.3, 0.4) is 0 Å². The van der Waals surface area contributed by atoms with Crippen LogP contribution >= 0.6 is 0 Å². The Balaban J connectivity index is 2.08. The second-order valence-electron chi connectivity index (χ2n) is 5.61. The molecule has 4 nitrogen and oxygen atoms in total. The molecule has 1 saturated carbocycles. The van der Waals surface area contributed by atoms with Crippen molar-refractivity contribution in [3.63, 3.8) is 0 Å². The summed E-state index contributed by atoms with van der Waals surface area (Å²) in [5.41, 5.74) is 9.27. The molecule has 14 heavy (non-hydrogen) atoms. The second kappa shape index (κ2) is 3.45. The highest BCUT2D eigenvalue weighted by Crippen LogP contribution is 2.30. The van der Waals surface area contributed by atoms with E-state index < -0.39 is 0 Å². The molecule has 2 unspecified atom stereocenters. The van der Waals surface area contributed by atoms with Crippen LogP contribution in [0, 0.1) is 0 Å². The van der Waals surface area contributed by atoms with Gasteiger partial charge in [-0.25, -0.2) is 0 Å². The summed E-state index contributed by atoms with van der Waals surface area (Å²) in [5.74, 6) is 0. The van der Waals surface area contributed by atoms with E-state index in [0.717, 1.165) is 19.6 Å². The summed E-state index contributed by atoms with van der Waals surface area (Å²) >= 11 is 0. The van der Waals surface area contributed by atoms with Crippen molar-refractivity contribution >= 4 is 0 Å². The van der Waals surface area contributed by atoms with Gasteiger partial charge in [-0.15, -0.1) is 0 Å². The Bertz CT molecular complexity index is 205. The van der Waals surface area contributed by atoms with E-state index in [1.807, 2.05) is 0 Å². The van der Waals surface area contributed by atoms with Gasteiger partial charge < -0.3 is 21.5 Å². The van der Waals surface area contributed by atoms with E-state index in [4.69, 9.17) is 5.11 Å². The zero-order valence-corrected chi connectivity index (χ0v) is 9.02. The predicted octanol–water partition coefficient (Wildman–Crippen LogP) is -3.59. The third kappa shape index (κ3) is 1.93. The molecule has 1 saturated heterocycles. The van der Waals surface area contributed by atoms with Crippen molar-refractivity contribution < 1.29 is 21.5 Å². The van der Waals surface area contributed by atoms with Crippen molar-refractivity contribution in [1.29, 1.82) is 0 Å². The van der Waals surface area contributed by atoms with Crippen molar-refractivity contribution in [2.45, 2.75) is 36.8 Å². The van der Waals surface area contributed by atoms with Crippen LogP contribution in [0.15, 0.2) is 0 Å². The first-order chi connectivity index (χ1) is 6.55. The molecular weight excluding hydrogens is 178 g/mol. The maximum absolute atomic E-state index is 8.99. The molecule has 8 N–H and O–H groups in total. The second-order valence-corrected chi connectivity index (χ2v) is 5.61. The summed E-state index contributed by atoms with van der Waals surface area (Å²) in [4.78, 5) is 1.50. The standard InChI is InChI=1S/C10H21N3O/c11-9-2-1-3-10(12,6-9)8-13(7-9)4-5-14/h14H,1-8,11-12H2/p+3. The van der Waals surface area contributed by atoms with Crippen molar-refractivity contribution in [2.24, 2.45) is 0 Å². The monoisotopic (exact) mass is 202 g/mol. The lowest BCUT2D eigenvalue weighted by Gasteiger charge is -2.45. The normalized spacial score (nSPS) is 47.8. The molecule has 0 aromatic carbocycles.